The Morgan fingerprint density at radius 3 is 2.50 bits per heavy atom. The van der Waals surface area contributed by atoms with Gasteiger partial charge in [-0.05, 0) is 50.3 Å². The van der Waals surface area contributed by atoms with Crippen molar-refractivity contribution in [2.75, 3.05) is 0 Å². The van der Waals surface area contributed by atoms with E-state index in [0.717, 1.165) is 23.7 Å². The Labute approximate surface area is 97.4 Å². The highest BCUT2D eigenvalue weighted by atomic mass is 15.2. The first-order chi connectivity index (χ1) is 7.69. The van der Waals surface area contributed by atoms with E-state index in [1.54, 1.807) is 0 Å². The fourth-order valence-electron chi connectivity index (χ4n) is 2.22. The highest BCUT2D eigenvalue weighted by Gasteiger charge is 2.22. The van der Waals surface area contributed by atoms with Crippen LogP contribution in [0.4, 0.5) is 0 Å². The third-order valence-electron chi connectivity index (χ3n) is 3.27. The number of aromatic nitrogens is 1. The maximum atomic E-state index is 5.64. The lowest BCUT2D eigenvalue weighted by Gasteiger charge is -2.17. The molecule has 0 radical (unpaired) electrons. The minimum Gasteiger partial charge on any atom is -0.271 e. The molecule has 3 N–H and O–H groups in total. The predicted molar refractivity (Wildman–Crippen MR) is 65.7 cm³/mol. The van der Waals surface area contributed by atoms with Crippen LogP contribution in [0.1, 0.15) is 48.7 Å². The first-order valence-electron chi connectivity index (χ1n) is 6.10. The van der Waals surface area contributed by atoms with Crippen molar-refractivity contribution in [2.45, 2.75) is 45.6 Å². The Balaban J connectivity index is 2.04. The Kier molecular flexibility index (Phi) is 3.56. The average Bonchev–Trinajstić information content (AvgIpc) is 3.01. The molecule has 1 aliphatic rings. The van der Waals surface area contributed by atoms with E-state index in [-0.39, 0.29) is 6.04 Å². The predicted octanol–water partition coefficient (Wildman–Crippen LogP) is 2.39. The molecule has 88 valence electrons. The fourth-order valence-corrected chi connectivity index (χ4v) is 2.22. The Morgan fingerprint density at radius 2 is 2.00 bits per heavy atom. The first kappa shape index (κ1) is 11.6. The molecule has 0 aliphatic heterocycles. The van der Waals surface area contributed by atoms with Gasteiger partial charge in [-0.1, -0.05) is 12.8 Å². The maximum absolute atomic E-state index is 5.64. The van der Waals surface area contributed by atoms with E-state index in [1.165, 1.54) is 24.8 Å². The molecule has 1 heterocycles. The van der Waals surface area contributed by atoms with E-state index in [4.69, 9.17) is 5.84 Å². The Hall–Kier alpha value is -0.930. The molecular weight excluding hydrogens is 198 g/mol. The lowest BCUT2D eigenvalue weighted by Crippen LogP contribution is -2.28. The topological polar surface area (TPSA) is 50.9 Å². The molecule has 0 amide bonds. The van der Waals surface area contributed by atoms with Gasteiger partial charge in [-0.15, -0.1) is 0 Å². The van der Waals surface area contributed by atoms with E-state index in [9.17, 15) is 0 Å². The molecule has 0 spiro atoms. The molecule has 1 aromatic heterocycles. The molecule has 1 aliphatic carbocycles. The van der Waals surface area contributed by atoms with Gasteiger partial charge in [0.2, 0.25) is 0 Å². The van der Waals surface area contributed by atoms with E-state index < -0.39 is 0 Å². The average molecular weight is 219 g/mol. The summed E-state index contributed by atoms with van der Waals surface area (Å²) in [6.07, 6.45) is 5.23. The second-order valence-electron chi connectivity index (χ2n) is 4.92. The zero-order chi connectivity index (χ0) is 11.5. The molecule has 1 fully saturated rings. The van der Waals surface area contributed by atoms with Crippen molar-refractivity contribution >= 4 is 0 Å². The van der Waals surface area contributed by atoms with Gasteiger partial charge in [0, 0.05) is 17.4 Å². The number of aryl methyl sites for hydroxylation is 2. The normalized spacial score (nSPS) is 17.4. The van der Waals surface area contributed by atoms with Crippen molar-refractivity contribution in [3.8, 4) is 0 Å². The molecule has 3 heteroatoms. The summed E-state index contributed by atoms with van der Waals surface area (Å²) in [7, 11) is 0. The molecule has 16 heavy (non-hydrogen) atoms. The largest absolute Gasteiger partial charge is 0.271 e. The van der Waals surface area contributed by atoms with Crippen LogP contribution in [-0.2, 0) is 0 Å². The van der Waals surface area contributed by atoms with Crippen LogP contribution in [0.15, 0.2) is 12.1 Å². The minimum atomic E-state index is 0.279. The summed E-state index contributed by atoms with van der Waals surface area (Å²) in [5.41, 5.74) is 6.34. The second kappa shape index (κ2) is 4.93. The van der Waals surface area contributed by atoms with Crippen molar-refractivity contribution in [2.24, 2.45) is 11.8 Å². The van der Waals surface area contributed by atoms with Gasteiger partial charge in [0.05, 0.1) is 0 Å². The standard InChI is InChI=1S/C13H21N3/c1-9-7-12(8-10(2)15-9)13(16-14)6-5-11-3-4-11/h7-8,11,13,16H,3-6,14H2,1-2H3. The van der Waals surface area contributed by atoms with Gasteiger partial charge in [-0.25, -0.2) is 0 Å². The molecule has 1 saturated carbocycles. The molecule has 1 aromatic rings. The van der Waals surface area contributed by atoms with Gasteiger partial charge in [-0.2, -0.15) is 0 Å². The van der Waals surface area contributed by atoms with Crippen LogP contribution in [0.5, 0.6) is 0 Å². The van der Waals surface area contributed by atoms with Gasteiger partial charge in [0.15, 0.2) is 0 Å². The number of nitrogens with one attached hydrogen (secondary N) is 1. The molecule has 3 nitrogen and oxygen atoms in total. The van der Waals surface area contributed by atoms with Gasteiger partial charge in [0.25, 0.3) is 0 Å². The Bertz CT molecular complexity index is 338. The highest BCUT2D eigenvalue weighted by molar-refractivity contribution is 5.23. The maximum Gasteiger partial charge on any atom is 0.0461 e. The summed E-state index contributed by atoms with van der Waals surface area (Å²) < 4.78 is 0. The number of hydrogen-bond acceptors (Lipinski definition) is 3. The smallest absolute Gasteiger partial charge is 0.0461 e. The lowest BCUT2D eigenvalue weighted by molar-refractivity contribution is 0.481. The summed E-state index contributed by atoms with van der Waals surface area (Å²) >= 11 is 0. The number of nitrogens with two attached hydrogens (primary N) is 1. The van der Waals surface area contributed by atoms with Crippen molar-refractivity contribution in [3.63, 3.8) is 0 Å². The second-order valence-corrected chi connectivity index (χ2v) is 4.92. The Morgan fingerprint density at radius 1 is 1.38 bits per heavy atom. The number of rotatable bonds is 5. The van der Waals surface area contributed by atoms with E-state index >= 15 is 0 Å². The number of nitrogens with zero attached hydrogens (tertiary/aromatic N) is 1. The van der Waals surface area contributed by atoms with Crippen molar-refractivity contribution in [1.29, 1.82) is 0 Å². The molecule has 0 aromatic carbocycles. The summed E-state index contributed by atoms with van der Waals surface area (Å²) in [4.78, 5) is 4.39. The van der Waals surface area contributed by atoms with Crippen LogP contribution < -0.4 is 11.3 Å². The van der Waals surface area contributed by atoms with Gasteiger partial charge in [0.1, 0.15) is 0 Å². The highest BCUT2D eigenvalue weighted by Crippen LogP contribution is 2.35. The third-order valence-corrected chi connectivity index (χ3v) is 3.27. The van der Waals surface area contributed by atoms with Crippen LogP contribution in [-0.4, -0.2) is 4.98 Å². The van der Waals surface area contributed by atoms with Crippen LogP contribution in [0.2, 0.25) is 0 Å². The summed E-state index contributed by atoms with van der Waals surface area (Å²) in [6.45, 7) is 4.07. The van der Waals surface area contributed by atoms with Crippen molar-refractivity contribution < 1.29 is 0 Å². The van der Waals surface area contributed by atoms with E-state index in [0.29, 0.717) is 0 Å². The SMILES string of the molecule is Cc1cc(C(CCC2CC2)NN)cc(C)n1. The number of hydrogen-bond donors (Lipinski definition) is 2. The van der Waals surface area contributed by atoms with E-state index in [2.05, 4.69) is 22.5 Å². The fraction of sp³-hybridized carbons (Fsp3) is 0.615. The van der Waals surface area contributed by atoms with Crippen LogP contribution in [0.25, 0.3) is 0 Å². The van der Waals surface area contributed by atoms with Crippen LogP contribution in [0, 0.1) is 19.8 Å². The molecular formula is C13H21N3. The molecule has 0 bridgehead atoms. The van der Waals surface area contributed by atoms with Gasteiger partial charge < -0.3 is 0 Å². The van der Waals surface area contributed by atoms with Crippen LogP contribution >= 0.6 is 0 Å². The first-order valence-corrected chi connectivity index (χ1v) is 6.10. The quantitative estimate of drug-likeness (QED) is 0.590. The van der Waals surface area contributed by atoms with Crippen molar-refractivity contribution in [3.05, 3.63) is 29.1 Å². The molecule has 1 unspecified atom stereocenters. The van der Waals surface area contributed by atoms with Crippen molar-refractivity contribution in [1.82, 2.24) is 10.4 Å². The van der Waals surface area contributed by atoms with Gasteiger partial charge >= 0.3 is 0 Å². The summed E-state index contributed by atoms with van der Waals surface area (Å²) in [6, 6.07) is 4.54. The number of hydrazine groups is 1. The minimum absolute atomic E-state index is 0.279. The molecule has 1 atom stereocenters. The lowest BCUT2D eigenvalue weighted by atomic mass is 10.0. The third kappa shape index (κ3) is 3.03. The molecule has 0 saturated heterocycles. The summed E-state index contributed by atoms with van der Waals surface area (Å²) in [5.74, 6) is 6.60. The monoisotopic (exact) mass is 219 g/mol. The molecule has 2 rings (SSSR count). The van der Waals surface area contributed by atoms with E-state index in [1.807, 2.05) is 13.8 Å². The van der Waals surface area contributed by atoms with Gasteiger partial charge in [-0.3, -0.25) is 16.3 Å². The zero-order valence-electron chi connectivity index (χ0n) is 10.2. The number of pyridine rings is 1. The van der Waals surface area contributed by atoms with Crippen LogP contribution in [0.3, 0.4) is 0 Å². The zero-order valence-corrected chi connectivity index (χ0v) is 10.2. The summed E-state index contributed by atoms with van der Waals surface area (Å²) in [5, 5.41) is 0.